The molecule has 0 radical (unpaired) electrons. The number of ether oxygens (including phenoxy) is 1. The normalized spacial score (nSPS) is 19.6. The van der Waals surface area contributed by atoms with Crippen LogP contribution in [0.15, 0.2) is 52.1 Å². The van der Waals surface area contributed by atoms with Crippen molar-refractivity contribution in [2.24, 2.45) is 4.99 Å². The van der Waals surface area contributed by atoms with E-state index in [-0.39, 0.29) is 41.9 Å². The monoisotopic (exact) mass is 571 g/mol. The van der Waals surface area contributed by atoms with E-state index in [2.05, 4.69) is 25.4 Å². The molecule has 1 aromatic heterocycles. The summed E-state index contributed by atoms with van der Waals surface area (Å²) in [5.74, 6) is 1.49. The molecule has 2 N–H and O–H groups in total. The standard InChI is InChI=1S/C24H34FN5O2.HI/c1-26-24(28-18-22(23-8-5-13-32-23)29-9-2-3-10-29)27-17-21(30-11-14-31-15-12-30)19-6-4-7-20(25)16-19;/h4-8,13,16,21-22H,2-3,9-12,14-15,17-18H2,1H3,(H2,26,27,28);1H. The van der Waals surface area contributed by atoms with E-state index in [0.717, 1.165) is 43.5 Å². The van der Waals surface area contributed by atoms with Gasteiger partial charge in [-0.15, -0.1) is 24.0 Å². The highest BCUT2D eigenvalue weighted by Gasteiger charge is 2.26. The van der Waals surface area contributed by atoms with Crippen LogP contribution in [-0.4, -0.2) is 75.3 Å². The van der Waals surface area contributed by atoms with Crippen molar-refractivity contribution in [1.82, 2.24) is 20.4 Å². The molecule has 2 atom stereocenters. The van der Waals surface area contributed by atoms with E-state index in [9.17, 15) is 4.39 Å². The molecule has 33 heavy (non-hydrogen) atoms. The minimum Gasteiger partial charge on any atom is -0.468 e. The second-order valence-corrected chi connectivity index (χ2v) is 8.33. The van der Waals surface area contributed by atoms with Crippen LogP contribution in [0, 0.1) is 5.82 Å². The quantitative estimate of drug-likeness (QED) is 0.288. The summed E-state index contributed by atoms with van der Waals surface area (Å²) in [7, 11) is 1.78. The first-order valence-electron chi connectivity index (χ1n) is 11.5. The molecule has 7 nitrogen and oxygen atoms in total. The van der Waals surface area contributed by atoms with Crippen LogP contribution < -0.4 is 10.6 Å². The third-order valence-corrected chi connectivity index (χ3v) is 6.32. The Bertz CT molecular complexity index is 854. The van der Waals surface area contributed by atoms with Crippen LogP contribution in [0.5, 0.6) is 0 Å². The third kappa shape index (κ3) is 7.14. The van der Waals surface area contributed by atoms with E-state index in [0.29, 0.717) is 26.3 Å². The Morgan fingerprint density at radius 1 is 1.00 bits per heavy atom. The summed E-state index contributed by atoms with van der Waals surface area (Å²) in [6.45, 7) is 6.52. The zero-order chi connectivity index (χ0) is 22.2. The minimum absolute atomic E-state index is 0. The number of likely N-dealkylation sites (tertiary alicyclic amines) is 1. The van der Waals surface area contributed by atoms with Crippen molar-refractivity contribution in [3.05, 3.63) is 59.8 Å². The van der Waals surface area contributed by atoms with Crippen molar-refractivity contribution in [2.75, 3.05) is 59.5 Å². The zero-order valence-corrected chi connectivity index (χ0v) is 21.5. The summed E-state index contributed by atoms with van der Waals surface area (Å²) in [5, 5.41) is 6.94. The van der Waals surface area contributed by atoms with Crippen molar-refractivity contribution in [3.8, 4) is 0 Å². The highest BCUT2D eigenvalue weighted by atomic mass is 127. The molecule has 2 aliphatic rings. The number of halogens is 2. The molecule has 0 amide bonds. The van der Waals surface area contributed by atoms with Crippen LogP contribution in [0.1, 0.15) is 36.2 Å². The maximum absolute atomic E-state index is 13.9. The average molecular weight is 571 g/mol. The molecule has 0 aliphatic carbocycles. The Morgan fingerprint density at radius 3 is 2.33 bits per heavy atom. The van der Waals surface area contributed by atoms with Gasteiger partial charge in [0.1, 0.15) is 11.6 Å². The molecule has 0 spiro atoms. The lowest BCUT2D eigenvalue weighted by atomic mass is 10.0. The smallest absolute Gasteiger partial charge is 0.191 e. The van der Waals surface area contributed by atoms with Crippen LogP contribution in [0.4, 0.5) is 4.39 Å². The Balaban J connectivity index is 0.00000306. The number of rotatable bonds is 8. The van der Waals surface area contributed by atoms with Gasteiger partial charge in [0.15, 0.2) is 5.96 Å². The Hall–Kier alpha value is -1.69. The second kappa shape index (κ2) is 13.3. The molecule has 0 bridgehead atoms. The molecule has 3 heterocycles. The second-order valence-electron chi connectivity index (χ2n) is 8.33. The number of guanidine groups is 1. The molecule has 4 rings (SSSR count). The van der Waals surface area contributed by atoms with Crippen molar-refractivity contribution in [1.29, 1.82) is 0 Å². The summed E-state index contributed by atoms with van der Waals surface area (Å²) in [6, 6.07) is 11.1. The minimum atomic E-state index is -0.213. The number of hydrogen-bond acceptors (Lipinski definition) is 5. The highest BCUT2D eigenvalue weighted by Crippen LogP contribution is 2.25. The van der Waals surface area contributed by atoms with Gasteiger partial charge in [-0.05, 0) is 55.8 Å². The largest absolute Gasteiger partial charge is 0.468 e. The molecule has 2 aromatic rings. The van der Waals surface area contributed by atoms with Gasteiger partial charge in [0.05, 0.1) is 31.6 Å². The summed E-state index contributed by atoms with van der Waals surface area (Å²) in [6.07, 6.45) is 4.18. The number of benzene rings is 1. The molecule has 9 heteroatoms. The van der Waals surface area contributed by atoms with Gasteiger partial charge in [-0.25, -0.2) is 4.39 Å². The number of nitrogens with one attached hydrogen (secondary N) is 2. The van der Waals surface area contributed by atoms with E-state index < -0.39 is 0 Å². The lowest BCUT2D eigenvalue weighted by Gasteiger charge is -2.35. The van der Waals surface area contributed by atoms with E-state index >= 15 is 0 Å². The van der Waals surface area contributed by atoms with E-state index in [4.69, 9.17) is 9.15 Å². The number of nitrogens with zero attached hydrogens (tertiary/aromatic N) is 3. The van der Waals surface area contributed by atoms with Crippen LogP contribution in [0.2, 0.25) is 0 Å². The predicted molar refractivity (Wildman–Crippen MR) is 139 cm³/mol. The summed E-state index contributed by atoms with van der Waals surface area (Å²) in [5.41, 5.74) is 0.959. The van der Waals surface area contributed by atoms with Gasteiger partial charge in [-0.1, -0.05) is 12.1 Å². The van der Waals surface area contributed by atoms with Crippen LogP contribution in [-0.2, 0) is 4.74 Å². The maximum Gasteiger partial charge on any atom is 0.191 e. The number of aliphatic imine (C=N–C) groups is 1. The SMILES string of the molecule is CN=C(NCC(c1cccc(F)c1)N1CCOCC1)NCC(c1ccco1)N1CCCC1.I. The molecule has 2 aliphatic heterocycles. The summed E-state index contributed by atoms with van der Waals surface area (Å²) in [4.78, 5) is 9.23. The Labute approximate surface area is 212 Å². The van der Waals surface area contributed by atoms with Crippen molar-refractivity contribution in [3.63, 3.8) is 0 Å². The molecule has 1 aromatic carbocycles. The van der Waals surface area contributed by atoms with Crippen LogP contribution >= 0.6 is 24.0 Å². The topological polar surface area (TPSA) is 65.3 Å². The van der Waals surface area contributed by atoms with Gasteiger partial charge < -0.3 is 19.8 Å². The number of hydrogen-bond donors (Lipinski definition) is 2. The lowest BCUT2D eigenvalue weighted by molar-refractivity contribution is 0.0169. The number of furan rings is 1. The first-order valence-corrected chi connectivity index (χ1v) is 11.5. The fourth-order valence-corrected chi connectivity index (χ4v) is 4.61. The van der Waals surface area contributed by atoms with Crippen molar-refractivity contribution in [2.45, 2.75) is 24.9 Å². The van der Waals surface area contributed by atoms with Crippen LogP contribution in [0.25, 0.3) is 0 Å². The van der Waals surface area contributed by atoms with E-state index in [1.165, 1.54) is 18.9 Å². The lowest BCUT2D eigenvalue weighted by Crippen LogP contribution is -2.47. The Kier molecular flexibility index (Phi) is 10.4. The van der Waals surface area contributed by atoms with E-state index in [1.54, 1.807) is 25.4 Å². The van der Waals surface area contributed by atoms with E-state index in [1.807, 2.05) is 18.2 Å². The molecular formula is C24H35FIN5O2. The fourth-order valence-electron chi connectivity index (χ4n) is 4.61. The fraction of sp³-hybridized carbons (Fsp3) is 0.542. The summed E-state index contributed by atoms with van der Waals surface area (Å²) < 4.78 is 25.2. The first kappa shape index (κ1) is 25.9. The third-order valence-electron chi connectivity index (χ3n) is 6.32. The van der Waals surface area contributed by atoms with Gasteiger partial charge in [0.2, 0.25) is 0 Å². The number of morpholine rings is 1. The molecule has 2 unspecified atom stereocenters. The molecule has 2 fully saturated rings. The van der Waals surface area contributed by atoms with Gasteiger partial charge in [0.25, 0.3) is 0 Å². The molecule has 0 saturated carbocycles. The first-order chi connectivity index (χ1) is 15.7. The summed E-state index contributed by atoms with van der Waals surface area (Å²) >= 11 is 0. The molecular weight excluding hydrogens is 536 g/mol. The molecule has 2 saturated heterocycles. The molecule has 182 valence electrons. The maximum atomic E-state index is 13.9. The van der Waals surface area contributed by atoms with Gasteiger partial charge in [0, 0.05) is 33.2 Å². The average Bonchev–Trinajstić information content (AvgIpc) is 3.54. The van der Waals surface area contributed by atoms with Crippen molar-refractivity contribution < 1.29 is 13.5 Å². The van der Waals surface area contributed by atoms with Crippen LogP contribution in [0.3, 0.4) is 0 Å². The Morgan fingerprint density at radius 2 is 1.70 bits per heavy atom. The van der Waals surface area contributed by atoms with Gasteiger partial charge in [-0.3, -0.25) is 14.8 Å². The van der Waals surface area contributed by atoms with Crippen molar-refractivity contribution >= 4 is 29.9 Å². The van der Waals surface area contributed by atoms with Gasteiger partial charge >= 0.3 is 0 Å². The van der Waals surface area contributed by atoms with Gasteiger partial charge in [-0.2, -0.15) is 0 Å². The zero-order valence-electron chi connectivity index (χ0n) is 19.2. The predicted octanol–water partition coefficient (Wildman–Crippen LogP) is 3.41. The highest BCUT2D eigenvalue weighted by molar-refractivity contribution is 14.0.